The molecule has 0 spiro atoms. The maximum absolute atomic E-state index is 5.29. The summed E-state index contributed by atoms with van der Waals surface area (Å²) in [7, 11) is 1.73. The van der Waals surface area contributed by atoms with Crippen LogP contribution in [0, 0.1) is 10.8 Å². The zero-order valence-corrected chi connectivity index (χ0v) is 15.0. The molecule has 0 heterocycles. The predicted octanol–water partition coefficient (Wildman–Crippen LogP) is 5.10. The summed E-state index contributed by atoms with van der Waals surface area (Å²) in [5.41, 5.74) is 0.654. The van der Waals surface area contributed by atoms with E-state index in [0.29, 0.717) is 10.8 Å². The van der Waals surface area contributed by atoms with Gasteiger partial charge in [-0.1, -0.05) is 54.5 Å². The first-order valence-electron chi connectivity index (χ1n) is 8.16. The Labute approximate surface area is 127 Å². The van der Waals surface area contributed by atoms with Crippen molar-refractivity contribution >= 4 is 0 Å². The molecule has 0 fully saturated rings. The van der Waals surface area contributed by atoms with E-state index >= 15 is 0 Å². The lowest BCUT2D eigenvalue weighted by atomic mass is 9.69. The Bertz CT molecular complexity index is 281. The molecule has 2 nitrogen and oxygen atoms in total. The Morgan fingerprint density at radius 1 is 1.10 bits per heavy atom. The van der Waals surface area contributed by atoms with Crippen LogP contribution < -0.4 is 0 Å². The summed E-state index contributed by atoms with van der Waals surface area (Å²) in [6.07, 6.45) is 4.61. The van der Waals surface area contributed by atoms with Crippen molar-refractivity contribution < 1.29 is 4.74 Å². The molecule has 1 atom stereocenters. The quantitative estimate of drug-likeness (QED) is 0.489. The summed E-state index contributed by atoms with van der Waals surface area (Å²) in [6.45, 7) is 21.5. The number of nitrogens with zero attached hydrogens (tertiary/aromatic N) is 1. The Morgan fingerprint density at radius 2 is 1.65 bits per heavy atom. The molecule has 20 heavy (non-hydrogen) atoms. The topological polar surface area (TPSA) is 12.5 Å². The van der Waals surface area contributed by atoms with Crippen LogP contribution in [0.4, 0.5) is 0 Å². The van der Waals surface area contributed by atoms with Gasteiger partial charge < -0.3 is 9.64 Å². The van der Waals surface area contributed by atoms with Crippen molar-refractivity contribution in [2.24, 2.45) is 10.8 Å². The molecule has 0 aromatic heterocycles. The molecule has 0 aliphatic heterocycles. The monoisotopic (exact) mass is 283 g/mol. The van der Waals surface area contributed by atoms with Crippen LogP contribution in [-0.2, 0) is 4.74 Å². The highest BCUT2D eigenvalue weighted by atomic mass is 16.5. The van der Waals surface area contributed by atoms with Crippen LogP contribution in [0.2, 0.25) is 0 Å². The van der Waals surface area contributed by atoms with Gasteiger partial charge in [-0.05, 0) is 43.3 Å². The van der Waals surface area contributed by atoms with Crippen LogP contribution in [0.1, 0.15) is 67.2 Å². The standard InChI is InChI=1S/C18H37NO/c1-9-18(7,14-16(4)20-8)15-17(5,6)12-13-19(10-2)11-3/h4,9-15H2,1-3,5-8H3. The number of hydrogen-bond acceptors (Lipinski definition) is 2. The van der Waals surface area contributed by atoms with E-state index in [1.54, 1.807) is 7.11 Å². The van der Waals surface area contributed by atoms with Gasteiger partial charge in [-0.25, -0.2) is 0 Å². The van der Waals surface area contributed by atoms with Gasteiger partial charge in [-0.15, -0.1) is 0 Å². The molecule has 0 saturated carbocycles. The first kappa shape index (κ1) is 19.5. The van der Waals surface area contributed by atoms with E-state index in [-0.39, 0.29) is 0 Å². The van der Waals surface area contributed by atoms with E-state index in [0.717, 1.165) is 25.3 Å². The van der Waals surface area contributed by atoms with E-state index < -0.39 is 0 Å². The lowest BCUT2D eigenvalue weighted by molar-refractivity contribution is 0.122. The van der Waals surface area contributed by atoms with Crippen molar-refractivity contribution in [3.05, 3.63) is 12.3 Å². The van der Waals surface area contributed by atoms with Crippen LogP contribution in [0.5, 0.6) is 0 Å². The molecule has 0 aromatic carbocycles. The van der Waals surface area contributed by atoms with E-state index in [9.17, 15) is 0 Å². The summed E-state index contributed by atoms with van der Waals surface area (Å²) < 4.78 is 5.29. The molecule has 1 unspecified atom stereocenters. The zero-order chi connectivity index (χ0) is 15.8. The van der Waals surface area contributed by atoms with Crippen molar-refractivity contribution in [1.82, 2.24) is 4.90 Å². The summed E-state index contributed by atoms with van der Waals surface area (Å²) in [4.78, 5) is 2.51. The molecule has 0 N–H and O–H groups in total. The van der Waals surface area contributed by atoms with Gasteiger partial charge in [0.1, 0.15) is 0 Å². The number of methoxy groups -OCH3 is 1. The van der Waals surface area contributed by atoms with E-state index in [4.69, 9.17) is 4.74 Å². The predicted molar refractivity (Wildman–Crippen MR) is 90.0 cm³/mol. The Balaban J connectivity index is 4.56. The van der Waals surface area contributed by atoms with E-state index in [1.807, 2.05) is 0 Å². The average Bonchev–Trinajstić information content (AvgIpc) is 2.38. The van der Waals surface area contributed by atoms with Crippen molar-refractivity contribution in [3.63, 3.8) is 0 Å². The Hall–Kier alpha value is -0.500. The molecule has 0 rings (SSSR count). The largest absolute Gasteiger partial charge is 0.502 e. The van der Waals surface area contributed by atoms with Crippen molar-refractivity contribution in [2.75, 3.05) is 26.7 Å². The van der Waals surface area contributed by atoms with Gasteiger partial charge in [0.15, 0.2) is 0 Å². The van der Waals surface area contributed by atoms with E-state index in [1.165, 1.54) is 25.8 Å². The fourth-order valence-corrected chi connectivity index (χ4v) is 3.11. The van der Waals surface area contributed by atoms with Gasteiger partial charge in [0.05, 0.1) is 12.9 Å². The number of rotatable bonds is 11. The second-order valence-electron chi connectivity index (χ2n) is 7.20. The third kappa shape index (κ3) is 7.33. The number of hydrogen-bond donors (Lipinski definition) is 0. The van der Waals surface area contributed by atoms with Gasteiger partial charge in [0, 0.05) is 6.42 Å². The van der Waals surface area contributed by atoms with Gasteiger partial charge >= 0.3 is 0 Å². The lowest BCUT2D eigenvalue weighted by Gasteiger charge is -2.38. The third-order valence-electron chi connectivity index (χ3n) is 4.67. The van der Waals surface area contributed by atoms with Gasteiger partial charge in [0.25, 0.3) is 0 Å². The maximum atomic E-state index is 5.29. The van der Waals surface area contributed by atoms with Crippen molar-refractivity contribution in [3.8, 4) is 0 Å². The van der Waals surface area contributed by atoms with Crippen LogP contribution in [0.3, 0.4) is 0 Å². The average molecular weight is 283 g/mol. The number of allylic oxidation sites excluding steroid dienone is 1. The third-order valence-corrected chi connectivity index (χ3v) is 4.67. The normalized spacial score (nSPS) is 15.2. The van der Waals surface area contributed by atoms with Gasteiger partial charge in [-0.2, -0.15) is 0 Å². The molecule has 0 bridgehead atoms. The fraction of sp³-hybridized carbons (Fsp3) is 0.889. The second kappa shape index (κ2) is 8.71. The minimum absolute atomic E-state index is 0.292. The Kier molecular flexibility index (Phi) is 8.50. The highest BCUT2D eigenvalue weighted by molar-refractivity contribution is 4.93. The van der Waals surface area contributed by atoms with Gasteiger partial charge in [0.2, 0.25) is 0 Å². The first-order chi connectivity index (χ1) is 9.21. The molecular formula is C18H37NO. The van der Waals surface area contributed by atoms with Crippen molar-refractivity contribution in [2.45, 2.75) is 67.2 Å². The molecule has 0 aliphatic carbocycles. The smallest absolute Gasteiger partial charge is 0.0889 e. The molecule has 0 aliphatic rings. The lowest BCUT2D eigenvalue weighted by Crippen LogP contribution is -2.31. The summed E-state index contributed by atoms with van der Waals surface area (Å²) >= 11 is 0. The highest BCUT2D eigenvalue weighted by Gasteiger charge is 2.32. The molecule has 0 saturated heterocycles. The minimum Gasteiger partial charge on any atom is -0.502 e. The van der Waals surface area contributed by atoms with E-state index in [2.05, 4.69) is 53.0 Å². The molecule has 120 valence electrons. The van der Waals surface area contributed by atoms with Crippen molar-refractivity contribution in [1.29, 1.82) is 0 Å². The minimum atomic E-state index is 0.292. The second-order valence-corrected chi connectivity index (χ2v) is 7.20. The summed E-state index contributed by atoms with van der Waals surface area (Å²) in [6, 6.07) is 0. The van der Waals surface area contributed by atoms with Crippen LogP contribution in [0.25, 0.3) is 0 Å². The Morgan fingerprint density at radius 3 is 2.05 bits per heavy atom. The first-order valence-corrected chi connectivity index (χ1v) is 8.16. The summed E-state index contributed by atoms with van der Waals surface area (Å²) in [5, 5.41) is 0. The summed E-state index contributed by atoms with van der Waals surface area (Å²) in [5.74, 6) is 0.911. The molecule has 2 heteroatoms. The molecular weight excluding hydrogens is 246 g/mol. The molecule has 0 radical (unpaired) electrons. The van der Waals surface area contributed by atoms with Crippen LogP contribution in [-0.4, -0.2) is 31.6 Å². The number of ether oxygens (including phenoxy) is 1. The maximum Gasteiger partial charge on any atom is 0.0889 e. The van der Waals surface area contributed by atoms with Crippen LogP contribution in [0.15, 0.2) is 12.3 Å². The van der Waals surface area contributed by atoms with Crippen LogP contribution >= 0.6 is 0 Å². The fourth-order valence-electron chi connectivity index (χ4n) is 3.11. The molecule has 0 aromatic rings. The highest BCUT2D eigenvalue weighted by Crippen LogP contribution is 2.42. The zero-order valence-electron chi connectivity index (χ0n) is 15.0. The SMILES string of the molecule is C=C(CC(C)(CC)CC(C)(C)CCN(CC)CC)OC. The van der Waals surface area contributed by atoms with Gasteiger partial charge in [-0.3, -0.25) is 0 Å². The molecule has 0 amide bonds.